The third kappa shape index (κ3) is 6.83. The van der Waals surface area contributed by atoms with Gasteiger partial charge in [-0.05, 0) is 136 Å². The van der Waals surface area contributed by atoms with Crippen LogP contribution in [0.3, 0.4) is 0 Å². The highest BCUT2D eigenvalue weighted by Gasteiger charge is 2.50. The highest BCUT2D eigenvalue weighted by atomic mass is 16.5. The summed E-state index contributed by atoms with van der Waals surface area (Å²) in [6.45, 7) is 8.85. The molecule has 2 aliphatic heterocycles. The number of carbonyl (C=O) groups is 1. The van der Waals surface area contributed by atoms with E-state index in [-0.39, 0.29) is 11.5 Å². The molecule has 1 amide bonds. The molecule has 2 aromatic carbocycles. The lowest BCUT2D eigenvalue weighted by molar-refractivity contribution is -0.141. The molecule has 2 bridgehead atoms. The number of nitrogens with zero attached hydrogens (tertiary/aromatic N) is 6. The molecule has 9 nitrogen and oxygen atoms in total. The van der Waals surface area contributed by atoms with E-state index in [4.69, 9.17) is 20.6 Å². The van der Waals surface area contributed by atoms with E-state index in [1.54, 1.807) is 6.33 Å². The zero-order chi connectivity index (χ0) is 36.2. The molecule has 1 spiro atoms. The van der Waals surface area contributed by atoms with Crippen LogP contribution in [-0.2, 0) is 4.79 Å². The minimum absolute atomic E-state index is 0.263. The van der Waals surface area contributed by atoms with Crippen molar-refractivity contribution in [1.82, 2.24) is 29.5 Å². The fraction of sp³-hybridized carbons (Fsp3) is 0.591. The Kier molecular flexibility index (Phi) is 9.20. The monoisotopic (exact) mass is 715 g/mol. The molecule has 5 fully saturated rings. The number of aromatic nitrogens is 4. The van der Waals surface area contributed by atoms with Gasteiger partial charge in [0.15, 0.2) is 5.65 Å². The Morgan fingerprint density at radius 1 is 0.868 bits per heavy atom. The molecule has 4 aromatic rings. The molecular formula is C44H57N7O2. The van der Waals surface area contributed by atoms with Crippen LogP contribution < -0.4 is 10.5 Å². The molecule has 3 aliphatic carbocycles. The summed E-state index contributed by atoms with van der Waals surface area (Å²) in [5.41, 5.74) is 9.77. The fourth-order valence-corrected chi connectivity index (χ4v) is 11.7. The molecule has 53 heavy (non-hydrogen) atoms. The smallest absolute Gasteiger partial charge is 0.223 e. The summed E-state index contributed by atoms with van der Waals surface area (Å²) in [7, 11) is 0. The maximum Gasteiger partial charge on any atom is 0.223 e. The zero-order valence-corrected chi connectivity index (χ0v) is 31.8. The van der Waals surface area contributed by atoms with E-state index in [2.05, 4.69) is 33.3 Å². The standard InChI is InChI=1S/C44H57N7O2/c1-3-31-22-32-21-30(2)23-44(24-31,25-32)28-38(52)50-19-15-43(16-20-50)26-35(27-43)49-17-13-34(14-18-49)51-42-39(41(45)46-29-47-42)40(48-51)33-9-11-37(12-10-33)53-36-7-5-4-6-8-36/h4-12,29-32,34-35H,3,13-28H2,1-2H3,(H2,45,46,47). The van der Waals surface area contributed by atoms with E-state index in [0.29, 0.717) is 23.2 Å². The van der Waals surface area contributed by atoms with Gasteiger partial charge in [-0.2, -0.15) is 5.10 Å². The second kappa shape index (κ2) is 14.0. The Labute approximate surface area is 314 Å². The summed E-state index contributed by atoms with van der Waals surface area (Å²) < 4.78 is 8.14. The minimum atomic E-state index is 0.263. The van der Waals surface area contributed by atoms with Gasteiger partial charge in [-0.15, -0.1) is 0 Å². The van der Waals surface area contributed by atoms with E-state index >= 15 is 0 Å². The van der Waals surface area contributed by atoms with Crippen LogP contribution in [0.15, 0.2) is 60.9 Å². The predicted molar refractivity (Wildman–Crippen MR) is 209 cm³/mol. The number of fused-ring (bicyclic) bond motifs is 3. The second-order valence-corrected chi connectivity index (χ2v) is 17.9. The lowest BCUT2D eigenvalue weighted by Gasteiger charge is -2.56. The molecule has 4 heterocycles. The summed E-state index contributed by atoms with van der Waals surface area (Å²) in [5, 5.41) is 5.98. The van der Waals surface area contributed by atoms with Crippen molar-refractivity contribution >= 4 is 22.8 Å². The molecule has 4 atom stereocenters. The Bertz CT molecular complexity index is 1900. The molecule has 3 saturated carbocycles. The highest BCUT2D eigenvalue weighted by molar-refractivity contribution is 5.98. The number of carbonyl (C=O) groups excluding carboxylic acids is 1. The van der Waals surface area contributed by atoms with Gasteiger partial charge in [0.1, 0.15) is 29.3 Å². The lowest BCUT2D eigenvalue weighted by Crippen LogP contribution is -2.57. The van der Waals surface area contributed by atoms with Crippen molar-refractivity contribution in [2.45, 2.75) is 109 Å². The maximum atomic E-state index is 13.8. The Morgan fingerprint density at radius 2 is 1.60 bits per heavy atom. The van der Waals surface area contributed by atoms with Gasteiger partial charge in [-0.3, -0.25) is 4.79 Å². The second-order valence-electron chi connectivity index (χ2n) is 17.9. The van der Waals surface area contributed by atoms with Crippen LogP contribution in [0, 0.1) is 28.6 Å². The number of benzene rings is 2. The molecule has 2 aromatic heterocycles. The van der Waals surface area contributed by atoms with E-state index < -0.39 is 0 Å². The summed E-state index contributed by atoms with van der Waals surface area (Å²) in [4.78, 5) is 27.8. The number of anilines is 1. The van der Waals surface area contributed by atoms with E-state index in [0.717, 1.165) is 97.0 Å². The van der Waals surface area contributed by atoms with Crippen molar-refractivity contribution < 1.29 is 9.53 Å². The number of hydrogen-bond donors (Lipinski definition) is 1. The Balaban J connectivity index is 0.796. The normalized spacial score (nSPS) is 27.9. The quantitative estimate of drug-likeness (QED) is 0.194. The van der Waals surface area contributed by atoms with E-state index in [9.17, 15) is 4.79 Å². The van der Waals surface area contributed by atoms with Crippen LogP contribution in [0.5, 0.6) is 11.5 Å². The van der Waals surface area contributed by atoms with Gasteiger partial charge in [-0.1, -0.05) is 38.5 Å². The van der Waals surface area contributed by atoms with Crippen LogP contribution in [-0.4, -0.2) is 67.7 Å². The predicted octanol–water partition coefficient (Wildman–Crippen LogP) is 8.91. The van der Waals surface area contributed by atoms with Crippen molar-refractivity contribution in [2.75, 3.05) is 31.9 Å². The first kappa shape index (κ1) is 34.8. The lowest BCUT2D eigenvalue weighted by atomic mass is 9.55. The van der Waals surface area contributed by atoms with Gasteiger partial charge in [-0.25, -0.2) is 14.6 Å². The summed E-state index contributed by atoms with van der Waals surface area (Å²) >= 11 is 0. The average molecular weight is 716 g/mol. The number of piperidine rings is 2. The van der Waals surface area contributed by atoms with Gasteiger partial charge >= 0.3 is 0 Å². The van der Waals surface area contributed by atoms with Crippen molar-refractivity contribution in [2.24, 2.45) is 28.6 Å². The van der Waals surface area contributed by atoms with Crippen LogP contribution in [0.25, 0.3) is 22.3 Å². The third-order valence-corrected chi connectivity index (χ3v) is 14.2. The molecule has 9 rings (SSSR count). The minimum Gasteiger partial charge on any atom is -0.457 e. The first-order valence-corrected chi connectivity index (χ1v) is 20.6. The van der Waals surface area contributed by atoms with E-state index in [1.165, 1.54) is 64.2 Å². The number of ether oxygens (including phenoxy) is 1. The molecule has 280 valence electrons. The maximum absolute atomic E-state index is 13.8. The summed E-state index contributed by atoms with van der Waals surface area (Å²) in [5.74, 6) is 4.94. The summed E-state index contributed by atoms with van der Waals surface area (Å²) in [6.07, 6.45) is 17.3. The topological polar surface area (TPSA) is 102 Å². The van der Waals surface area contributed by atoms with Crippen molar-refractivity contribution in [3.05, 3.63) is 60.9 Å². The van der Waals surface area contributed by atoms with Gasteiger partial charge in [0.05, 0.1) is 11.4 Å². The number of nitrogen functional groups attached to an aromatic ring is 1. The van der Waals surface area contributed by atoms with Crippen LogP contribution in [0.1, 0.15) is 103 Å². The third-order valence-electron chi connectivity index (χ3n) is 14.2. The van der Waals surface area contributed by atoms with Crippen molar-refractivity contribution in [1.29, 1.82) is 0 Å². The van der Waals surface area contributed by atoms with Crippen LogP contribution >= 0.6 is 0 Å². The molecule has 5 aliphatic rings. The van der Waals surface area contributed by atoms with Crippen molar-refractivity contribution in [3.63, 3.8) is 0 Å². The average Bonchev–Trinajstić information content (AvgIpc) is 3.55. The summed E-state index contributed by atoms with van der Waals surface area (Å²) in [6, 6.07) is 18.8. The largest absolute Gasteiger partial charge is 0.457 e. The number of nitrogens with two attached hydrogens (primary N) is 1. The van der Waals surface area contributed by atoms with Gasteiger partial charge < -0.3 is 20.3 Å². The Hall–Kier alpha value is -3.98. The number of likely N-dealkylation sites (tertiary alicyclic amines) is 2. The number of para-hydroxylation sites is 1. The van der Waals surface area contributed by atoms with Crippen LogP contribution in [0.2, 0.25) is 0 Å². The molecule has 2 N–H and O–H groups in total. The molecule has 9 heteroatoms. The van der Waals surface area contributed by atoms with Gasteiger partial charge in [0.25, 0.3) is 0 Å². The molecular weight excluding hydrogens is 659 g/mol. The number of amides is 1. The molecule has 4 unspecified atom stereocenters. The first-order chi connectivity index (χ1) is 25.8. The highest BCUT2D eigenvalue weighted by Crippen LogP contribution is 2.56. The van der Waals surface area contributed by atoms with Gasteiger partial charge in [0.2, 0.25) is 5.91 Å². The van der Waals surface area contributed by atoms with Gasteiger partial charge in [0, 0.05) is 44.2 Å². The first-order valence-electron chi connectivity index (χ1n) is 20.6. The van der Waals surface area contributed by atoms with Crippen molar-refractivity contribution in [3.8, 4) is 22.8 Å². The Morgan fingerprint density at radius 3 is 2.34 bits per heavy atom. The SMILES string of the molecule is CCC1CC2CC(C)CC(CC(=O)N3CCC4(CC3)CC(N3CCC(n5nc(-c6ccc(Oc7ccccc7)cc6)c6c(N)ncnc65)CC3)C4)(C1)C2. The molecule has 2 saturated heterocycles. The number of hydrogen-bond acceptors (Lipinski definition) is 7. The fourth-order valence-electron chi connectivity index (χ4n) is 11.7. The van der Waals surface area contributed by atoms with E-state index in [1.807, 2.05) is 54.6 Å². The number of rotatable bonds is 8. The van der Waals surface area contributed by atoms with Crippen LogP contribution in [0.4, 0.5) is 5.82 Å². The molecule has 0 radical (unpaired) electrons. The zero-order valence-electron chi connectivity index (χ0n) is 31.8.